The number of fused-ring (bicyclic) bond motifs is 1. The Morgan fingerprint density at radius 1 is 1.00 bits per heavy atom. The summed E-state index contributed by atoms with van der Waals surface area (Å²) in [5.41, 5.74) is 3.26. The number of carbonyl (C=O) groups is 1. The molecule has 4 rings (SSSR count). The van der Waals surface area contributed by atoms with Gasteiger partial charge in [0.25, 0.3) is 0 Å². The highest BCUT2D eigenvalue weighted by Crippen LogP contribution is 2.23. The van der Waals surface area contributed by atoms with Crippen molar-refractivity contribution in [2.45, 2.75) is 19.4 Å². The lowest BCUT2D eigenvalue weighted by molar-refractivity contribution is -0.117. The molecule has 0 aliphatic carbocycles. The Labute approximate surface area is 178 Å². The molecule has 0 atom stereocenters. The summed E-state index contributed by atoms with van der Waals surface area (Å²) in [4.78, 5) is 16.9. The van der Waals surface area contributed by atoms with Crippen LogP contribution in [0, 0.1) is 0 Å². The third-order valence-electron chi connectivity index (χ3n) is 5.60. The molecule has 1 amide bonds. The predicted molar refractivity (Wildman–Crippen MR) is 123 cm³/mol. The Hall–Kier alpha value is -3.05. The number of nitrogens with one attached hydrogen (secondary N) is 1. The second-order valence-corrected chi connectivity index (χ2v) is 8.01. The number of likely N-dealkylation sites (N-methyl/N-ethyl adjacent to an activating group) is 1. The van der Waals surface area contributed by atoms with E-state index >= 15 is 0 Å². The van der Waals surface area contributed by atoms with Crippen LogP contribution in [0.3, 0.4) is 0 Å². The number of amides is 1. The molecule has 0 aromatic heterocycles. The molecule has 1 saturated heterocycles. The molecule has 0 unspecified atom stereocenters. The zero-order valence-electron chi connectivity index (χ0n) is 17.7. The van der Waals surface area contributed by atoms with Gasteiger partial charge in [-0.3, -0.25) is 9.69 Å². The minimum atomic E-state index is -0.00283. The Kier molecular flexibility index (Phi) is 6.19. The van der Waals surface area contributed by atoms with Gasteiger partial charge >= 0.3 is 0 Å². The van der Waals surface area contributed by atoms with E-state index in [2.05, 4.69) is 46.6 Å². The maximum Gasteiger partial charge on any atom is 0.238 e. The fraction of sp³-hybridized carbons (Fsp3) is 0.320. The Morgan fingerprint density at radius 3 is 2.43 bits per heavy atom. The standard InChI is InChI=1S/C25H29N3O2/c1-27(17-19-5-6-21-16-24(30-2)12-7-20(21)15-19)18-25(29)26-22-8-10-23(11-9-22)28-13-3-4-14-28/h5-12,15-16H,3-4,13-14,17-18H2,1-2H3,(H,26,29). The monoisotopic (exact) mass is 403 g/mol. The smallest absolute Gasteiger partial charge is 0.238 e. The average molecular weight is 404 g/mol. The van der Waals surface area contributed by atoms with Crippen LogP contribution in [0.15, 0.2) is 60.7 Å². The van der Waals surface area contributed by atoms with Crippen LogP contribution in [-0.4, -0.2) is 44.6 Å². The normalized spacial score (nSPS) is 13.8. The van der Waals surface area contributed by atoms with E-state index < -0.39 is 0 Å². The first-order valence-electron chi connectivity index (χ1n) is 10.5. The second kappa shape index (κ2) is 9.18. The van der Waals surface area contributed by atoms with E-state index in [1.165, 1.54) is 29.5 Å². The lowest BCUT2D eigenvalue weighted by atomic mass is 10.1. The van der Waals surface area contributed by atoms with Gasteiger partial charge in [-0.1, -0.05) is 18.2 Å². The molecule has 0 radical (unpaired) electrons. The molecule has 1 heterocycles. The van der Waals surface area contributed by atoms with Gasteiger partial charge in [0, 0.05) is 31.0 Å². The van der Waals surface area contributed by atoms with Gasteiger partial charge in [-0.15, -0.1) is 0 Å². The predicted octanol–water partition coefficient (Wildman–Crippen LogP) is 4.52. The quantitative estimate of drug-likeness (QED) is 0.630. The number of ether oxygens (including phenoxy) is 1. The number of methoxy groups -OCH3 is 1. The summed E-state index contributed by atoms with van der Waals surface area (Å²) in [6, 6.07) is 20.6. The van der Waals surface area contributed by atoms with Gasteiger partial charge in [-0.2, -0.15) is 0 Å². The van der Waals surface area contributed by atoms with Crippen LogP contribution in [-0.2, 0) is 11.3 Å². The molecule has 1 aliphatic rings. The van der Waals surface area contributed by atoms with Gasteiger partial charge in [0.05, 0.1) is 13.7 Å². The third kappa shape index (κ3) is 4.92. The van der Waals surface area contributed by atoms with Crippen molar-refractivity contribution in [2.24, 2.45) is 0 Å². The summed E-state index contributed by atoms with van der Waals surface area (Å²) in [6.45, 7) is 3.30. The van der Waals surface area contributed by atoms with Gasteiger partial charge in [-0.05, 0) is 78.7 Å². The molecule has 1 fully saturated rings. The maximum atomic E-state index is 12.5. The Balaban J connectivity index is 1.31. The average Bonchev–Trinajstić information content (AvgIpc) is 3.28. The number of benzene rings is 3. The Bertz CT molecular complexity index is 1010. The molecule has 3 aromatic carbocycles. The van der Waals surface area contributed by atoms with E-state index in [0.717, 1.165) is 29.9 Å². The third-order valence-corrected chi connectivity index (χ3v) is 5.60. The number of carbonyl (C=O) groups excluding carboxylic acids is 1. The molecule has 5 nitrogen and oxygen atoms in total. The van der Waals surface area contributed by atoms with Crippen LogP contribution in [0.4, 0.5) is 11.4 Å². The topological polar surface area (TPSA) is 44.8 Å². The number of hydrogen-bond donors (Lipinski definition) is 1. The van der Waals surface area contributed by atoms with Crippen molar-refractivity contribution in [1.29, 1.82) is 0 Å². The summed E-state index contributed by atoms with van der Waals surface area (Å²) in [5.74, 6) is 0.856. The molecule has 0 saturated carbocycles. The Morgan fingerprint density at radius 2 is 1.70 bits per heavy atom. The van der Waals surface area contributed by atoms with Crippen molar-refractivity contribution in [2.75, 3.05) is 44.0 Å². The van der Waals surface area contributed by atoms with Gasteiger partial charge in [0.15, 0.2) is 0 Å². The van der Waals surface area contributed by atoms with E-state index in [1.807, 2.05) is 36.2 Å². The minimum Gasteiger partial charge on any atom is -0.497 e. The van der Waals surface area contributed by atoms with E-state index in [-0.39, 0.29) is 5.91 Å². The van der Waals surface area contributed by atoms with Crippen LogP contribution >= 0.6 is 0 Å². The molecule has 1 N–H and O–H groups in total. The molecule has 0 bridgehead atoms. The largest absolute Gasteiger partial charge is 0.497 e. The second-order valence-electron chi connectivity index (χ2n) is 8.01. The number of anilines is 2. The van der Waals surface area contributed by atoms with E-state index in [4.69, 9.17) is 4.74 Å². The van der Waals surface area contributed by atoms with Crippen LogP contribution in [0.25, 0.3) is 10.8 Å². The zero-order chi connectivity index (χ0) is 20.9. The highest BCUT2D eigenvalue weighted by Gasteiger charge is 2.13. The summed E-state index contributed by atoms with van der Waals surface area (Å²) in [6.07, 6.45) is 2.52. The van der Waals surface area contributed by atoms with Crippen molar-refractivity contribution in [3.8, 4) is 5.75 Å². The fourth-order valence-corrected chi connectivity index (χ4v) is 4.04. The molecule has 1 aliphatic heterocycles. The number of hydrogen-bond acceptors (Lipinski definition) is 4. The molecule has 5 heteroatoms. The summed E-state index contributed by atoms with van der Waals surface area (Å²) in [5, 5.41) is 5.33. The fourth-order valence-electron chi connectivity index (χ4n) is 4.04. The maximum absolute atomic E-state index is 12.5. The zero-order valence-corrected chi connectivity index (χ0v) is 17.7. The van der Waals surface area contributed by atoms with Crippen LogP contribution < -0.4 is 15.0 Å². The lowest BCUT2D eigenvalue weighted by Gasteiger charge is -2.19. The lowest BCUT2D eigenvalue weighted by Crippen LogP contribution is -2.29. The van der Waals surface area contributed by atoms with Crippen molar-refractivity contribution in [1.82, 2.24) is 4.90 Å². The van der Waals surface area contributed by atoms with Crippen molar-refractivity contribution >= 4 is 28.1 Å². The first-order valence-corrected chi connectivity index (χ1v) is 10.5. The first-order chi connectivity index (χ1) is 14.6. The molecule has 30 heavy (non-hydrogen) atoms. The molecular formula is C25H29N3O2. The van der Waals surface area contributed by atoms with Gasteiger partial charge < -0.3 is 15.0 Å². The number of nitrogens with zero attached hydrogens (tertiary/aromatic N) is 2. The van der Waals surface area contributed by atoms with E-state index in [1.54, 1.807) is 7.11 Å². The van der Waals surface area contributed by atoms with Crippen LogP contribution in [0.2, 0.25) is 0 Å². The molecule has 0 spiro atoms. The minimum absolute atomic E-state index is 0.00283. The van der Waals surface area contributed by atoms with Crippen LogP contribution in [0.1, 0.15) is 18.4 Å². The van der Waals surface area contributed by atoms with Crippen molar-refractivity contribution < 1.29 is 9.53 Å². The van der Waals surface area contributed by atoms with Crippen LogP contribution in [0.5, 0.6) is 5.75 Å². The van der Waals surface area contributed by atoms with Crippen molar-refractivity contribution in [3.05, 3.63) is 66.2 Å². The van der Waals surface area contributed by atoms with E-state index in [9.17, 15) is 4.79 Å². The molecular weight excluding hydrogens is 374 g/mol. The van der Waals surface area contributed by atoms with E-state index in [0.29, 0.717) is 13.1 Å². The molecule has 3 aromatic rings. The molecule has 156 valence electrons. The summed E-state index contributed by atoms with van der Waals surface area (Å²) in [7, 11) is 3.64. The summed E-state index contributed by atoms with van der Waals surface area (Å²) < 4.78 is 5.29. The summed E-state index contributed by atoms with van der Waals surface area (Å²) >= 11 is 0. The SMILES string of the molecule is COc1ccc2cc(CN(C)CC(=O)Nc3ccc(N4CCCC4)cc3)ccc2c1. The van der Waals surface area contributed by atoms with Gasteiger partial charge in [-0.25, -0.2) is 0 Å². The van der Waals surface area contributed by atoms with Gasteiger partial charge in [0.2, 0.25) is 5.91 Å². The first kappa shape index (κ1) is 20.2. The highest BCUT2D eigenvalue weighted by molar-refractivity contribution is 5.92. The highest BCUT2D eigenvalue weighted by atomic mass is 16.5. The van der Waals surface area contributed by atoms with Gasteiger partial charge in [0.1, 0.15) is 5.75 Å². The number of rotatable bonds is 7. The van der Waals surface area contributed by atoms with Crippen molar-refractivity contribution in [3.63, 3.8) is 0 Å².